The first kappa shape index (κ1) is 25.5. The molecule has 3 fully saturated rings. The third kappa shape index (κ3) is 4.68. The van der Waals surface area contributed by atoms with E-state index in [1.54, 1.807) is 6.92 Å². The fourth-order valence-electron chi connectivity index (χ4n) is 6.34. The molecule has 2 bridgehead atoms. The van der Waals surface area contributed by atoms with E-state index in [4.69, 9.17) is 9.47 Å². The SMILES string of the molecule is COc1cc(F)c(O[C@H]2C[C@@](C)(C(=O)O)C2)cc1C(=O)N[C@H]1[C@@H](C(=O)NCC2(C)CCC2)[C@@H]2C=C[C@H]1C2. The second-order valence-electron chi connectivity index (χ2n) is 11.9. The van der Waals surface area contributed by atoms with Crippen molar-refractivity contribution in [1.29, 1.82) is 0 Å². The van der Waals surface area contributed by atoms with E-state index in [1.165, 1.54) is 19.6 Å². The predicted octanol–water partition coefficient (Wildman–Crippen LogP) is 3.69. The van der Waals surface area contributed by atoms with Gasteiger partial charge in [-0.05, 0) is 49.5 Å². The molecular weight excluding hydrogens is 479 g/mol. The Morgan fingerprint density at radius 3 is 2.43 bits per heavy atom. The number of allylic oxidation sites excluding steroid dienone is 1. The molecule has 3 saturated carbocycles. The average molecular weight is 515 g/mol. The molecule has 9 heteroatoms. The maximum absolute atomic E-state index is 14.7. The molecule has 0 heterocycles. The largest absolute Gasteiger partial charge is 0.496 e. The molecule has 4 aliphatic rings. The van der Waals surface area contributed by atoms with E-state index < -0.39 is 29.2 Å². The molecule has 1 aromatic carbocycles. The highest BCUT2D eigenvalue weighted by molar-refractivity contribution is 5.98. The first-order chi connectivity index (χ1) is 17.5. The number of hydrogen-bond donors (Lipinski definition) is 3. The van der Waals surface area contributed by atoms with Crippen LogP contribution in [0.4, 0.5) is 4.39 Å². The molecule has 200 valence electrons. The Labute approximate surface area is 216 Å². The second kappa shape index (κ2) is 9.33. The van der Waals surface area contributed by atoms with Crippen LogP contribution in [0.5, 0.6) is 11.5 Å². The van der Waals surface area contributed by atoms with Crippen LogP contribution in [0.1, 0.15) is 62.7 Å². The van der Waals surface area contributed by atoms with E-state index >= 15 is 0 Å². The minimum atomic E-state index is -0.914. The smallest absolute Gasteiger partial charge is 0.309 e. The van der Waals surface area contributed by atoms with Gasteiger partial charge < -0.3 is 25.2 Å². The van der Waals surface area contributed by atoms with Crippen molar-refractivity contribution in [3.63, 3.8) is 0 Å². The summed E-state index contributed by atoms with van der Waals surface area (Å²) >= 11 is 0. The number of hydrogen-bond acceptors (Lipinski definition) is 5. The van der Waals surface area contributed by atoms with E-state index in [0.29, 0.717) is 6.54 Å². The number of methoxy groups -OCH3 is 1. The zero-order chi connectivity index (χ0) is 26.5. The van der Waals surface area contributed by atoms with Crippen LogP contribution in [-0.2, 0) is 9.59 Å². The molecule has 8 nitrogen and oxygen atoms in total. The van der Waals surface area contributed by atoms with E-state index in [2.05, 4.69) is 29.7 Å². The number of aliphatic carboxylic acids is 1. The van der Waals surface area contributed by atoms with Gasteiger partial charge in [-0.15, -0.1) is 0 Å². The number of carbonyl (C=O) groups excluding carboxylic acids is 2. The highest BCUT2D eigenvalue weighted by Crippen LogP contribution is 2.46. The standard InChI is InChI=1S/C28H35FN2O6/c1-27(7-4-8-27)14-30-25(33)22-15-5-6-16(9-15)23(22)31-24(32)18-10-21(19(29)11-20(18)36-3)37-17-12-28(2,13-17)26(34)35/h5-6,10-11,15-17,22-23H,4,7-9,12-14H2,1-3H3,(H,30,33)(H,31,32)(H,34,35)/t15-,16+,17-,22+,23-,28+/m1/s1. The van der Waals surface area contributed by atoms with Crippen LogP contribution < -0.4 is 20.1 Å². The zero-order valence-electron chi connectivity index (χ0n) is 21.5. The molecule has 0 saturated heterocycles. The minimum absolute atomic E-state index is 0.0446. The van der Waals surface area contributed by atoms with Gasteiger partial charge >= 0.3 is 5.97 Å². The van der Waals surface area contributed by atoms with Gasteiger partial charge in [0.05, 0.1) is 24.0 Å². The van der Waals surface area contributed by atoms with Crippen LogP contribution in [0.2, 0.25) is 0 Å². The summed E-state index contributed by atoms with van der Waals surface area (Å²) in [5.74, 6) is -2.44. The Morgan fingerprint density at radius 2 is 1.81 bits per heavy atom. The molecule has 0 aromatic heterocycles. The summed E-state index contributed by atoms with van der Waals surface area (Å²) in [5, 5.41) is 15.5. The lowest BCUT2D eigenvalue weighted by Crippen LogP contribution is -2.50. The van der Waals surface area contributed by atoms with Crippen LogP contribution in [0, 0.1) is 34.4 Å². The fraction of sp³-hybridized carbons (Fsp3) is 0.607. The van der Waals surface area contributed by atoms with E-state index in [9.17, 15) is 23.9 Å². The molecular formula is C28H35FN2O6. The number of amides is 2. The van der Waals surface area contributed by atoms with E-state index in [-0.39, 0.29) is 65.0 Å². The zero-order valence-corrected chi connectivity index (χ0v) is 21.5. The average Bonchev–Trinajstić information content (AvgIpc) is 3.42. The van der Waals surface area contributed by atoms with E-state index in [1.807, 2.05) is 0 Å². The van der Waals surface area contributed by atoms with Crippen molar-refractivity contribution in [1.82, 2.24) is 10.6 Å². The van der Waals surface area contributed by atoms with Gasteiger partial charge in [-0.2, -0.15) is 0 Å². The molecule has 0 aliphatic heterocycles. The summed E-state index contributed by atoms with van der Waals surface area (Å²) < 4.78 is 25.8. The molecule has 5 rings (SSSR count). The summed E-state index contributed by atoms with van der Waals surface area (Å²) in [4.78, 5) is 38.0. The van der Waals surface area contributed by atoms with Crippen molar-refractivity contribution in [2.24, 2.45) is 28.6 Å². The summed E-state index contributed by atoms with van der Waals surface area (Å²) in [7, 11) is 1.36. The maximum atomic E-state index is 14.7. The number of carboxylic acid groups (broad SMARTS) is 1. The number of halogens is 1. The van der Waals surface area contributed by atoms with Crippen LogP contribution >= 0.6 is 0 Å². The van der Waals surface area contributed by atoms with Gasteiger partial charge in [-0.25, -0.2) is 4.39 Å². The van der Waals surface area contributed by atoms with Gasteiger partial charge in [-0.3, -0.25) is 14.4 Å². The lowest BCUT2D eigenvalue weighted by molar-refractivity contribution is -0.159. The summed E-state index contributed by atoms with van der Waals surface area (Å²) in [6, 6.07) is 2.03. The van der Waals surface area contributed by atoms with Crippen molar-refractivity contribution < 1.29 is 33.4 Å². The van der Waals surface area contributed by atoms with Crippen LogP contribution in [0.25, 0.3) is 0 Å². The molecule has 3 N–H and O–H groups in total. The number of nitrogens with one attached hydrogen (secondary N) is 2. The third-order valence-electron chi connectivity index (χ3n) is 8.97. The second-order valence-corrected chi connectivity index (χ2v) is 11.9. The molecule has 37 heavy (non-hydrogen) atoms. The number of ether oxygens (including phenoxy) is 2. The van der Waals surface area contributed by atoms with Crippen LogP contribution in [0.3, 0.4) is 0 Å². The molecule has 0 radical (unpaired) electrons. The molecule has 1 aromatic rings. The Hall–Kier alpha value is -3.10. The lowest BCUT2D eigenvalue weighted by atomic mass is 9.68. The topological polar surface area (TPSA) is 114 Å². The van der Waals surface area contributed by atoms with Crippen molar-refractivity contribution in [3.8, 4) is 11.5 Å². The van der Waals surface area contributed by atoms with Gasteiger partial charge in [0.1, 0.15) is 11.9 Å². The van der Waals surface area contributed by atoms with Gasteiger partial charge in [0.2, 0.25) is 5.91 Å². The van der Waals surface area contributed by atoms with Gasteiger partial charge in [0, 0.05) is 31.5 Å². The molecule has 4 atom stereocenters. The Balaban J connectivity index is 1.30. The number of fused-ring (bicyclic) bond motifs is 2. The van der Waals surface area contributed by atoms with Crippen LogP contribution in [0.15, 0.2) is 24.3 Å². The summed E-state index contributed by atoms with van der Waals surface area (Å²) in [5.41, 5.74) is -0.635. The van der Waals surface area contributed by atoms with Gasteiger partial charge in [-0.1, -0.05) is 25.5 Å². The van der Waals surface area contributed by atoms with Crippen molar-refractivity contribution in [3.05, 3.63) is 35.7 Å². The van der Waals surface area contributed by atoms with Crippen molar-refractivity contribution >= 4 is 17.8 Å². The Kier molecular flexibility index (Phi) is 6.44. The molecule has 2 amide bonds. The molecule has 0 spiro atoms. The number of carboxylic acids is 1. The Bertz CT molecular complexity index is 1140. The molecule has 4 aliphatic carbocycles. The highest BCUT2D eigenvalue weighted by atomic mass is 19.1. The molecule has 0 unspecified atom stereocenters. The van der Waals surface area contributed by atoms with Gasteiger partial charge in [0.25, 0.3) is 5.91 Å². The highest BCUT2D eigenvalue weighted by Gasteiger charge is 2.50. The first-order valence-corrected chi connectivity index (χ1v) is 13.1. The number of carbonyl (C=O) groups is 3. The van der Waals surface area contributed by atoms with Gasteiger partial charge in [0.15, 0.2) is 11.6 Å². The summed E-state index contributed by atoms with van der Waals surface area (Å²) in [6.45, 7) is 4.45. The summed E-state index contributed by atoms with van der Waals surface area (Å²) in [6.07, 6.45) is 8.37. The lowest BCUT2D eigenvalue weighted by Gasteiger charge is -2.41. The monoisotopic (exact) mass is 514 g/mol. The maximum Gasteiger partial charge on any atom is 0.309 e. The van der Waals surface area contributed by atoms with Crippen molar-refractivity contribution in [2.45, 2.75) is 64.5 Å². The quantitative estimate of drug-likeness (QED) is 0.433. The third-order valence-corrected chi connectivity index (χ3v) is 8.97. The predicted molar refractivity (Wildman–Crippen MR) is 133 cm³/mol. The number of benzene rings is 1. The van der Waals surface area contributed by atoms with Crippen LogP contribution in [-0.4, -0.2) is 48.7 Å². The minimum Gasteiger partial charge on any atom is -0.496 e. The normalized spacial score (nSPS) is 32.7. The first-order valence-electron chi connectivity index (χ1n) is 13.1. The van der Waals surface area contributed by atoms with E-state index in [0.717, 1.165) is 25.3 Å². The number of rotatable bonds is 9. The Morgan fingerprint density at radius 1 is 1.11 bits per heavy atom. The fourth-order valence-corrected chi connectivity index (χ4v) is 6.34. The van der Waals surface area contributed by atoms with Crippen molar-refractivity contribution in [2.75, 3.05) is 13.7 Å².